The van der Waals surface area contributed by atoms with Crippen molar-refractivity contribution in [2.24, 2.45) is 0 Å². The van der Waals surface area contributed by atoms with E-state index in [1.165, 1.54) is 0 Å². The molecule has 7 heteroatoms. The van der Waals surface area contributed by atoms with Gasteiger partial charge in [-0.05, 0) is 89.9 Å². The molecule has 0 radical (unpaired) electrons. The van der Waals surface area contributed by atoms with Gasteiger partial charge in [-0.3, -0.25) is 0 Å². The van der Waals surface area contributed by atoms with Crippen LogP contribution in [0.5, 0.6) is 0 Å². The van der Waals surface area contributed by atoms with Crippen molar-refractivity contribution in [3.63, 3.8) is 0 Å². The first-order valence-electron chi connectivity index (χ1n) is 10.2. The number of fused-ring (bicyclic) bond motifs is 1. The highest BCUT2D eigenvalue weighted by Crippen LogP contribution is 2.45. The van der Waals surface area contributed by atoms with Gasteiger partial charge in [0.1, 0.15) is 5.00 Å². The van der Waals surface area contributed by atoms with Crippen molar-refractivity contribution < 1.29 is 9.53 Å². The van der Waals surface area contributed by atoms with Crippen molar-refractivity contribution in [2.45, 2.75) is 66.0 Å². The summed E-state index contributed by atoms with van der Waals surface area (Å²) >= 11 is 7.16. The van der Waals surface area contributed by atoms with Crippen molar-refractivity contribution in [2.75, 3.05) is 17.2 Å². The molecule has 3 N–H and O–H groups in total. The zero-order chi connectivity index (χ0) is 22.3. The van der Waals surface area contributed by atoms with Gasteiger partial charge in [-0.1, -0.05) is 12.1 Å². The molecule has 1 aliphatic rings. The van der Waals surface area contributed by atoms with Crippen molar-refractivity contribution >= 4 is 45.3 Å². The summed E-state index contributed by atoms with van der Waals surface area (Å²) in [5, 5.41) is 11.4. The molecule has 0 amide bonds. The SMILES string of the molecule is CCOC(=O)c1c(NC(=S)Nc2cc(C)ccc2C)sc2c1CC(C)(C)NC2(C)C. The molecule has 0 bridgehead atoms. The lowest BCUT2D eigenvalue weighted by Crippen LogP contribution is -2.55. The summed E-state index contributed by atoms with van der Waals surface area (Å²) in [5.41, 5.74) is 4.47. The third-order valence-electron chi connectivity index (χ3n) is 5.19. The minimum absolute atomic E-state index is 0.131. The summed E-state index contributed by atoms with van der Waals surface area (Å²) in [5.74, 6) is -0.305. The molecule has 1 aliphatic heterocycles. The number of thiocarbonyl (C=S) groups is 1. The zero-order valence-electron chi connectivity index (χ0n) is 18.8. The second-order valence-electron chi connectivity index (χ2n) is 9.04. The maximum atomic E-state index is 12.9. The number of aryl methyl sites for hydroxylation is 2. The third kappa shape index (κ3) is 4.68. The molecular weight excluding hydrogens is 414 g/mol. The van der Waals surface area contributed by atoms with E-state index in [0.29, 0.717) is 17.3 Å². The number of ether oxygens (including phenoxy) is 1. The number of carbonyl (C=O) groups is 1. The van der Waals surface area contributed by atoms with Gasteiger partial charge in [0.15, 0.2) is 5.11 Å². The number of hydrogen-bond donors (Lipinski definition) is 3. The average Bonchev–Trinajstić information content (AvgIpc) is 2.95. The quantitative estimate of drug-likeness (QED) is 0.426. The molecule has 0 atom stereocenters. The van der Waals surface area contributed by atoms with Crippen LogP contribution in [0.1, 0.15) is 66.5 Å². The molecular formula is C23H31N3O2S2. The van der Waals surface area contributed by atoms with Crippen LogP contribution in [0, 0.1) is 13.8 Å². The van der Waals surface area contributed by atoms with Gasteiger partial charge < -0.3 is 20.7 Å². The van der Waals surface area contributed by atoms with E-state index in [0.717, 1.165) is 38.7 Å². The standard InChI is InChI=1S/C23H31N3O2S2/c1-8-28-20(27)17-15-12-22(4,5)26-23(6,7)18(15)30-19(17)25-21(29)24-16-11-13(2)9-10-14(16)3/h9-11,26H,8,12H2,1-7H3,(H2,24,25,29). The Morgan fingerprint density at radius 2 is 1.93 bits per heavy atom. The summed E-state index contributed by atoms with van der Waals surface area (Å²) in [7, 11) is 0. The molecule has 0 aliphatic carbocycles. The molecule has 0 saturated heterocycles. The fourth-order valence-electron chi connectivity index (χ4n) is 4.16. The van der Waals surface area contributed by atoms with Gasteiger partial charge in [0.05, 0.1) is 12.2 Å². The van der Waals surface area contributed by atoms with E-state index in [1.54, 1.807) is 11.3 Å². The molecule has 0 fully saturated rings. The van der Waals surface area contributed by atoms with Crippen LogP contribution >= 0.6 is 23.6 Å². The average molecular weight is 446 g/mol. The van der Waals surface area contributed by atoms with Gasteiger partial charge in [0, 0.05) is 21.6 Å². The van der Waals surface area contributed by atoms with Crippen molar-refractivity contribution in [3.05, 3.63) is 45.3 Å². The summed E-state index contributed by atoms with van der Waals surface area (Å²) in [4.78, 5) is 14.1. The Kier molecular flexibility index (Phi) is 6.28. The highest BCUT2D eigenvalue weighted by molar-refractivity contribution is 7.80. The van der Waals surface area contributed by atoms with E-state index < -0.39 is 0 Å². The lowest BCUT2D eigenvalue weighted by molar-refractivity contribution is 0.0526. The molecule has 1 aromatic carbocycles. The van der Waals surface area contributed by atoms with E-state index in [1.807, 2.05) is 20.8 Å². The largest absolute Gasteiger partial charge is 0.462 e. The van der Waals surface area contributed by atoms with Gasteiger partial charge >= 0.3 is 5.97 Å². The van der Waals surface area contributed by atoms with Crippen LogP contribution in [0.25, 0.3) is 0 Å². The van der Waals surface area contributed by atoms with Gasteiger partial charge in [-0.25, -0.2) is 4.79 Å². The van der Waals surface area contributed by atoms with Crippen LogP contribution < -0.4 is 16.0 Å². The summed E-state index contributed by atoms with van der Waals surface area (Å²) in [6.07, 6.45) is 0.745. The number of hydrogen-bond acceptors (Lipinski definition) is 5. The van der Waals surface area contributed by atoms with Crippen molar-refractivity contribution in [1.29, 1.82) is 0 Å². The molecule has 162 valence electrons. The Bertz CT molecular complexity index is 993. The summed E-state index contributed by atoms with van der Waals surface area (Å²) in [6, 6.07) is 6.19. The fourth-order valence-corrected chi connectivity index (χ4v) is 5.71. The molecule has 0 spiro atoms. The number of benzene rings is 1. The van der Waals surface area contributed by atoms with Crippen LogP contribution in [0.4, 0.5) is 10.7 Å². The Hall–Kier alpha value is -1.96. The number of esters is 1. The van der Waals surface area contributed by atoms with Gasteiger partial charge in [-0.2, -0.15) is 0 Å². The van der Waals surface area contributed by atoms with Crippen molar-refractivity contribution in [3.8, 4) is 0 Å². The van der Waals surface area contributed by atoms with E-state index >= 15 is 0 Å². The molecule has 2 heterocycles. The maximum absolute atomic E-state index is 12.9. The van der Waals surface area contributed by atoms with Crippen LogP contribution in [0.3, 0.4) is 0 Å². The number of rotatable bonds is 4. The van der Waals surface area contributed by atoms with E-state index in [4.69, 9.17) is 17.0 Å². The maximum Gasteiger partial charge on any atom is 0.341 e. The predicted molar refractivity (Wildman–Crippen MR) is 130 cm³/mol. The van der Waals surface area contributed by atoms with Crippen molar-refractivity contribution in [1.82, 2.24) is 5.32 Å². The highest BCUT2D eigenvalue weighted by atomic mass is 32.1. The molecule has 0 unspecified atom stereocenters. The van der Waals surface area contributed by atoms with Gasteiger partial charge in [-0.15, -0.1) is 11.3 Å². The molecule has 30 heavy (non-hydrogen) atoms. The smallest absolute Gasteiger partial charge is 0.341 e. The Labute approximate surface area is 188 Å². The first-order chi connectivity index (χ1) is 13.9. The Balaban J connectivity index is 1.98. The minimum atomic E-state index is -0.305. The predicted octanol–water partition coefficient (Wildman–Crippen LogP) is 5.51. The Morgan fingerprint density at radius 1 is 1.23 bits per heavy atom. The lowest BCUT2D eigenvalue weighted by atomic mass is 9.81. The topological polar surface area (TPSA) is 62.4 Å². The number of anilines is 2. The summed E-state index contributed by atoms with van der Waals surface area (Å²) in [6.45, 7) is 14.8. The van der Waals surface area contributed by atoms with Crippen LogP contribution in [0.15, 0.2) is 18.2 Å². The number of nitrogens with one attached hydrogen (secondary N) is 3. The van der Waals surface area contributed by atoms with E-state index in [2.05, 4.69) is 61.8 Å². The van der Waals surface area contributed by atoms with Crippen LogP contribution in [-0.4, -0.2) is 23.2 Å². The molecule has 1 aromatic heterocycles. The monoisotopic (exact) mass is 445 g/mol. The molecule has 3 rings (SSSR count). The van der Waals surface area contributed by atoms with E-state index in [-0.39, 0.29) is 17.0 Å². The molecule has 5 nitrogen and oxygen atoms in total. The highest BCUT2D eigenvalue weighted by Gasteiger charge is 2.42. The normalized spacial score (nSPS) is 16.5. The van der Waals surface area contributed by atoms with Crippen LogP contribution in [-0.2, 0) is 16.7 Å². The first-order valence-corrected chi connectivity index (χ1v) is 11.4. The number of carbonyl (C=O) groups excluding carboxylic acids is 1. The minimum Gasteiger partial charge on any atom is -0.462 e. The summed E-state index contributed by atoms with van der Waals surface area (Å²) < 4.78 is 5.41. The third-order valence-corrected chi connectivity index (χ3v) is 6.87. The number of thiophene rings is 1. The van der Waals surface area contributed by atoms with Crippen LogP contribution in [0.2, 0.25) is 0 Å². The second-order valence-corrected chi connectivity index (χ2v) is 10.5. The van der Waals surface area contributed by atoms with E-state index in [9.17, 15) is 4.79 Å². The lowest BCUT2D eigenvalue weighted by Gasteiger charge is -2.42. The molecule has 2 aromatic rings. The van der Waals surface area contributed by atoms with Gasteiger partial charge in [0.2, 0.25) is 0 Å². The first kappa shape index (κ1) is 22.7. The Morgan fingerprint density at radius 3 is 2.60 bits per heavy atom. The molecule has 0 saturated carbocycles. The zero-order valence-corrected chi connectivity index (χ0v) is 20.4. The second kappa shape index (κ2) is 8.29. The fraction of sp³-hybridized carbons (Fsp3) is 0.478. The van der Waals surface area contributed by atoms with Gasteiger partial charge in [0.25, 0.3) is 0 Å².